The highest BCUT2D eigenvalue weighted by atomic mass is 16.5. The van der Waals surface area contributed by atoms with Gasteiger partial charge in [-0.2, -0.15) is 0 Å². The third-order valence-corrected chi connectivity index (χ3v) is 8.57. The maximum absolute atomic E-state index is 6.53. The van der Waals surface area contributed by atoms with Crippen molar-refractivity contribution in [3.8, 4) is 33.8 Å². The molecule has 0 unspecified atom stereocenters. The standard InChI is InChI=1S/C35H32N4O2/c1-23-22-37-31-7-3-25(19-29(23)31)27-5-9-35-33(21-27)39(13-12-38-14-16-40-17-15-38)32-20-26(4-8-34(32)41-35)24-2-6-30-28(18-24)10-11-36-30/h2-11,18-22,36-37H,12-17H2,1H3. The van der Waals surface area contributed by atoms with E-state index in [1.54, 1.807) is 0 Å². The Morgan fingerprint density at radius 3 is 2.10 bits per heavy atom. The topological polar surface area (TPSA) is 56.5 Å². The monoisotopic (exact) mass is 540 g/mol. The lowest BCUT2D eigenvalue weighted by Crippen LogP contribution is -2.41. The molecule has 6 aromatic rings. The van der Waals surface area contributed by atoms with Crippen molar-refractivity contribution in [2.45, 2.75) is 6.92 Å². The van der Waals surface area contributed by atoms with Crippen molar-refractivity contribution in [2.75, 3.05) is 44.3 Å². The molecule has 4 aromatic carbocycles. The van der Waals surface area contributed by atoms with E-state index >= 15 is 0 Å². The highest BCUT2D eigenvalue weighted by Crippen LogP contribution is 2.49. The number of rotatable bonds is 5. The van der Waals surface area contributed by atoms with Crippen molar-refractivity contribution in [2.24, 2.45) is 0 Å². The Kier molecular flexibility index (Phi) is 5.83. The molecule has 0 spiro atoms. The highest BCUT2D eigenvalue weighted by molar-refractivity contribution is 5.91. The zero-order valence-corrected chi connectivity index (χ0v) is 23.1. The van der Waals surface area contributed by atoms with E-state index in [0.717, 1.165) is 67.8 Å². The number of aromatic amines is 2. The summed E-state index contributed by atoms with van der Waals surface area (Å²) in [6.07, 6.45) is 4.07. The Labute approximate surface area is 239 Å². The summed E-state index contributed by atoms with van der Waals surface area (Å²) >= 11 is 0. The van der Waals surface area contributed by atoms with Crippen LogP contribution in [0.4, 0.5) is 11.4 Å². The minimum absolute atomic E-state index is 0.799. The fourth-order valence-electron chi connectivity index (χ4n) is 6.22. The van der Waals surface area contributed by atoms with Crippen molar-refractivity contribution in [1.82, 2.24) is 14.9 Å². The molecular formula is C35H32N4O2. The average Bonchev–Trinajstić information content (AvgIpc) is 3.65. The molecule has 2 aliphatic rings. The van der Waals surface area contributed by atoms with Crippen LogP contribution in [0.3, 0.4) is 0 Å². The molecule has 1 saturated heterocycles. The van der Waals surface area contributed by atoms with E-state index in [0.29, 0.717) is 0 Å². The largest absolute Gasteiger partial charge is 0.453 e. The van der Waals surface area contributed by atoms with Gasteiger partial charge in [-0.25, -0.2) is 0 Å². The van der Waals surface area contributed by atoms with Crippen LogP contribution in [0.1, 0.15) is 5.56 Å². The van der Waals surface area contributed by atoms with Gasteiger partial charge in [0.05, 0.1) is 24.6 Å². The van der Waals surface area contributed by atoms with Crippen LogP contribution < -0.4 is 9.64 Å². The van der Waals surface area contributed by atoms with Crippen molar-refractivity contribution in [3.63, 3.8) is 0 Å². The lowest BCUT2D eigenvalue weighted by Gasteiger charge is -2.36. The molecule has 0 radical (unpaired) electrons. The van der Waals surface area contributed by atoms with Crippen LogP contribution in [-0.4, -0.2) is 54.3 Å². The molecule has 0 atom stereocenters. The molecule has 2 N–H and O–H groups in total. The molecule has 4 heterocycles. The van der Waals surface area contributed by atoms with Crippen molar-refractivity contribution in [1.29, 1.82) is 0 Å². The zero-order chi connectivity index (χ0) is 27.3. The van der Waals surface area contributed by atoms with Crippen LogP contribution in [0.5, 0.6) is 11.5 Å². The predicted octanol–water partition coefficient (Wildman–Crippen LogP) is 7.87. The van der Waals surface area contributed by atoms with E-state index in [1.165, 1.54) is 44.1 Å². The van der Waals surface area contributed by atoms with Crippen molar-refractivity contribution in [3.05, 3.63) is 96.8 Å². The summed E-state index contributed by atoms with van der Waals surface area (Å²) in [7, 11) is 0. The van der Waals surface area contributed by atoms with Crippen LogP contribution in [-0.2, 0) is 4.74 Å². The first kappa shape index (κ1) is 24.3. The average molecular weight is 541 g/mol. The highest BCUT2D eigenvalue weighted by Gasteiger charge is 2.26. The third kappa shape index (κ3) is 4.36. The predicted molar refractivity (Wildman–Crippen MR) is 167 cm³/mol. The van der Waals surface area contributed by atoms with Gasteiger partial charge in [-0.15, -0.1) is 0 Å². The van der Waals surface area contributed by atoms with Crippen LogP contribution in [0.25, 0.3) is 44.1 Å². The molecule has 0 aliphatic carbocycles. The van der Waals surface area contributed by atoms with Gasteiger partial charge in [0.25, 0.3) is 0 Å². The molecule has 2 aromatic heterocycles. The summed E-state index contributed by atoms with van der Waals surface area (Å²) in [6.45, 7) is 7.51. The first-order chi connectivity index (χ1) is 20.2. The Bertz CT molecular complexity index is 1900. The van der Waals surface area contributed by atoms with Crippen molar-refractivity contribution >= 4 is 33.2 Å². The van der Waals surface area contributed by atoms with E-state index in [4.69, 9.17) is 9.47 Å². The number of aromatic nitrogens is 2. The fraction of sp³-hybridized carbons (Fsp3) is 0.200. The molecule has 8 rings (SSSR count). The van der Waals surface area contributed by atoms with E-state index in [9.17, 15) is 0 Å². The van der Waals surface area contributed by atoms with Gasteiger partial charge < -0.3 is 24.3 Å². The number of nitrogens with one attached hydrogen (secondary N) is 2. The minimum Gasteiger partial charge on any atom is -0.453 e. The SMILES string of the molecule is Cc1c[nH]c2ccc(-c3ccc4c(c3)N(CCN3CCOCC3)c3cc(-c5ccc6[nH]ccc6c5)ccc3O4)cc12. The first-order valence-corrected chi connectivity index (χ1v) is 14.4. The van der Waals surface area contributed by atoms with Crippen LogP contribution >= 0.6 is 0 Å². The molecule has 1 fully saturated rings. The second kappa shape index (κ2) is 9.84. The van der Waals surface area contributed by atoms with E-state index in [2.05, 4.69) is 112 Å². The van der Waals surface area contributed by atoms with E-state index in [1.807, 2.05) is 6.20 Å². The number of nitrogens with zero attached hydrogens (tertiary/aromatic N) is 2. The number of fused-ring (bicyclic) bond motifs is 4. The Balaban J connectivity index is 1.21. The summed E-state index contributed by atoms with van der Waals surface area (Å²) < 4.78 is 12.1. The second-order valence-electron chi connectivity index (χ2n) is 11.1. The van der Waals surface area contributed by atoms with Gasteiger partial charge in [0, 0.05) is 55.0 Å². The molecular weight excluding hydrogens is 508 g/mol. The lowest BCUT2D eigenvalue weighted by atomic mass is 9.99. The summed E-state index contributed by atoms with van der Waals surface area (Å²) in [5, 5.41) is 2.47. The number of morpholine rings is 1. The molecule has 41 heavy (non-hydrogen) atoms. The van der Waals surface area contributed by atoms with Gasteiger partial charge in [-0.3, -0.25) is 4.90 Å². The lowest BCUT2D eigenvalue weighted by molar-refractivity contribution is 0.0394. The molecule has 6 heteroatoms. The van der Waals surface area contributed by atoms with Crippen LogP contribution in [0.2, 0.25) is 0 Å². The molecule has 0 saturated carbocycles. The Morgan fingerprint density at radius 1 is 0.683 bits per heavy atom. The van der Waals surface area contributed by atoms with Gasteiger partial charge in [-0.1, -0.05) is 24.3 Å². The van der Waals surface area contributed by atoms with Crippen LogP contribution in [0, 0.1) is 6.92 Å². The minimum atomic E-state index is 0.799. The summed E-state index contributed by atoms with van der Waals surface area (Å²) in [5.74, 6) is 1.78. The van der Waals surface area contributed by atoms with Gasteiger partial charge in [-0.05, 0) is 94.7 Å². The third-order valence-electron chi connectivity index (χ3n) is 8.57. The fourth-order valence-corrected chi connectivity index (χ4v) is 6.22. The quantitative estimate of drug-likeness (QED) is 0.234. The zero-order valence-electron chi connectivity index (χ0n) is 23.1. The van der Waals surface area contributed by atoms with E-state index < -0.39 is 0 Å². The van der Waals surface area contributed by atoms with Crippen LogP contribution in [0.15, 0.2) is 91.3 Å². The maximum Gasteiger partial charge on any atom is 0.151 e. The van der Waals surface area contributed by atoms with Gasteiger partial charge in [0.1, 0.15) is 0 Å². The molecule has 2 aliphatic heterocycles. The first-order valence-electron chi connectivity index (χ1n) is 14.4. The van der Waals surface area contributed by atoms with Crippen molar-refractivity contribution < 1.29 is 9.47 Å². The molecule has 6 nitrogen and oxygen atoms in total. The number of hydrogen-bond acceptors (Lipinski definition) is 4. The Hall–Kier alpha value is -4.52. The molecule has 0 bridgehead atoms. The smallest absolute Gasteiger partial charge is 0.151 e. The normalized spacial score (nSPS) is 15.2. The number of benzene rings is 4. The second-order valence-corrected chi connectivity index (χ2v) is 11.1. The number of anilines is 2. The van der Waals surface area contributed by atoms with Gasteiger partial charge >= 0.3 is 0 Å². The summed E-state index contributed by atoms with van der Waals surface area (Å²) in [6, 6.07) is 28.5. The number of H-pyrrole nitrogens is 2. The number of aryl methyl sites for hydroxylation is 1. The Morgan fingerprint density at radius 2 is 1.34 bits per heavy atom. The summed E-state index contributed by atoms with van der Waals surface area (Å²) in [5.41, 5.74) is 10.5. The van der Waals surface area contributed by atoms with E-state index in [-0.39, 0.29) is 0 Å². The summed E-state index contributed by atoms with van der Waals surface area (Å²) in [4.78, 5) is 11.6. The number of ether oxygens (including phenoxy) is 2. The molecule has 204 valence electrons. The number of hydrogen-bond donors (Lipinski definition) is 2. The van der Waals surface area contributed by atoms with Gasteiger partial charge in [0.2, 0.25) is 0 Å². The molecule has 0 amide bonds. The maximum atomic E-state index is 6.53. The van der Waals surface area contributed by atoms with Gasteiger partial charge in [0.15, 0.2) is 11.5 Å².